The molecule has 1 heterocycles. The maximum absolute atomic E-state index is 10.7. The number of nitrogens with one attached hydrogen (secondary N) is 1. The number of nitro groups is 1. The number of carboxylic acid groups (broad SMARTS) is 1. The summed E-state index contributed by atoms with van der Waals surface area (Å²) in [6, 6.07) is -0.174. The third kappa shape index (κ3) is 2.59. The maximum Gasteiger partial charge on any atom is 0.310 e. The van der Waals surface area contributed by atoms with E-state index < -0.39 is 16.8 Å². The molecule has 8 nitrogen and oxygen atoms in total. The highest BCUT2D eigenvalue weighted by Crippen LogP contribution is 2.20. The number of carbonyl (C=O) groups is 1. The fraction of sp³-hybridized carbons (Fsp3) is 0.300. The molecular formula is C10H10N4O4. The van der Waals surface area contributed by atoms with Crippen LogP contribution in [-0.2, 0) is 4.79 Å². The average molecular weight is 250 g/mol. The lowest BCUT2D eigenvalue weighted by Crippen LogP contribution is -2.20. The van der Waals surface area contributed by atoms with Crippen molar-refractivity contribution in [3.63, 3.8) is 0 Å². The van der Waals surface area contributed by atoms with Crippen LogP contribution in [0.3, 0.4) is 0 Å². The van der Waals surface area contributed by atoms with Gasteiger partial charge in [0.1, 0.15) is 12.4 Å². The van der Waals surface area contributed by atoms with E-state index in [-0.39, 0.29) is 17.7 Å². The van der Waals surface area contributed by atoms with Crippen LogP contribution in [0.15, 0.2) is 24.5 Å². The molecule has 1 aliphatic carbocycles. The zero-order valence-corrected chi connectivity index (χ0v) is 9.18. The van der Waals surface area contributed by atoms with Crippen molar-refractivity contribution < 1.29 is 14.8 Å². The predicted octanol–water partition coefficient (Wildman–Crippen LogP) is 0.826. The summed E-state index contributed by atoms with van der Waals surface area (Å²) in [5.41, 5.74) is -0.189. The Bertz CT molecular complexity index is 499. The molecule has 0 aromatic carbocycles. The quantitative estimate of drug-likeness (QED) is 0.461. The van der Waals surface area contributed by atoms with Gasteiger partial charge in [-0.15, -0.1) is 0 Å². The Morgan fingerprint density at radius 2 is 2.11 bits per heavy atom. The van der Waals surface area contributed by atoms with Crippen LogP contribution in [0, 0.1) is 16.0 Å². The summed E-state index contributed by atoms with van der Waals surface area (Å²) in [5, 5.41) is 22.1. The molecule has 0 spiro atoms. The van der Waals surface area contributed by atoms with E-state index in [1.807, 2.05) is 0 Å². The first-order valence-corrected chi connectivity index (χ1v) is 5.20. The molecule has 1 aromatic rings. The third-order valence-electron chi connectivity index (χ3n) is 2.56. The van der Waals surface area contributed by atoms with Crippen molar-refractivity contribution in [3.8, 4) is 0 Å². The van der Waals surface area contributed by atoms with Gasteiger partial charge < -0.3 is 10.4 Å². The Labute approximate surface area is 102 Å². The molecule has 0 fully saturated rings. The normalized spacial score (nSPS) is 21.8. The topological polar surface area (TPSA) is 118 Å². The number of hydrogen-bond acceptors (Lipinski definition) is 6. The number of aromatic nitrogens is 2. The van der Waals surface area contributed by atoms with Crippen molar-refractivity contribution in [3.05, 3.63) is 34.7 Å². The Balaban J connectivity index is 1.97. The summed E-state index contributed by atoms with van der Waals surface area (Å²) in [6.07, 6.45) is 5.94. The summed E-state index contributed by atoms with van der Waals surface area (Å²) in [5.74, 6) is -1.15. The minimum Gasteiger partial charge on any atom is -0.481 e. The summed E-state index contributed by atoms with van der Waals surface area (Å²) in [6.45, 7) is 0. The van der Waals surface area contributed by atoms with Gasteiger partial charge in [-0.2, -0.15) is 0 Å². The summed E-state index contributed by atoms with van der Waals surface area (Å²) >= 11 is 0. The number of aliphatic carboxylic acids is 1. The number of anilines is 1. The zero-order chi connectivity index (χ0) is 13.1. The first-order chi connectivity index (χ1) is 8.56. The van der Waals surface area contributed by atoms with Gasteiger partial charge in [0.25, 0.3) is 0 Å². The molecule has 1 aliphatic rings. The third-order valence-corrected chi connectivity index (χ3v) is 2.56. The summed E-state index contributed by atoms with van der Waals surface area (Å²) < 4.78 is 0. The molecule has 2 rings (SSSR count). The smallest absolute Gasteiger partial charge is 0.310 e. The van der Waals surface area contributed by atoms with E-state index in [1.54, 1.807) is 12.2 Å². The van der Waals surface area contributed by atoms with Crippen LogP contribution >= 0.6 is 0 Å². The van der Waals surface area contributed by atoms with Crippen molar-refractivity contribution >= 4 is 17.6 Å². The van der Waals surface area contributed by atoms with Gasteiger partial charge >= 0.3 is 11.7 Å². The second kappa shape index (κ2) is 4.78. The molecule has 1 aromatic heterocycles. The number of nitrogens with zero attached hydrogens (tertiary/aromatic N) is 3. The van der Waals surface area contributed by atoms with Crippen molar-refractivity contribution in [1.29, 1.82) is 0 Å². The lowest BCUT2D eigenvalue weighted by atomic mass is 10.1. The number of hydrogen-bond donors (Lipinski definition) is 2. The van der Waals surface area contributed by atoms with E-state index in [2.05, 4.69) is 15.3 Å². The van der Waals surface area contributed by atoms with Crippen LogP contribution in [0.1, 0.15) is 6.42 Å². The van der Waals surface area contributed by atoms with Crippen molar-refractivity contribution in [2.45, 2.75) is 12.5 Å². The van der Waals surface area contributed by atoms with Crippen LogP contribution in [0.5, 0.6) is 0 Å². The van der Waals surface area contributed by atoms with E-state index in [0.29, 0.717) is 6.42 Å². The Morgan fingerprint density at radius 3 is 2.61 bits per heavy atom. The molecule has 2 unspecified atom stereocenters. The fourth-order valence-electron chi connectivity index (χ4n) is 1.64. The van der Waals surface area contributed by atoms with Gasteiger partial charge in [-0.3, -0.25) is 14.9 Å². The molecule has 18 heavy (non-hydrogen) atoms. The van der Waals surface area contributed by atoms with Crippen LogP contribution in [0.4, 0.5) is 11.6 Å². The lowest BCUT2D eigenvalue weighted by Gasteiger charge is -2.11. The average Bonchev–Trinajstić information content (AvgIpc) is 2.78. The van der Waals surface area contributed by atoms with E-state index in [4.69, 9.17) is 5.11 Å². The summed E-state index contributed by atoms with van der Waals surface area (Å²) in [7, 11) is 0. The monoisotopic (exact) mass is 250 g/mol. The van der Waals surface area contributed by atoms with Crippen molar-refractivity contribution in [2.75, 3.05) is 5.32 Å². The largest absolute Gasteiger partial charge is 0.481 e. The Kier molecular flexibility index (Phi) is 3.18. The SMILES string of the molecule is O=C(O)C1C=CC(Nc2ncc([N+](=O)[O-])cn2)C1. The van der Waals surface area contributed by atoms with Gasteiger partial charge in [0.2, 0.25) is 5.95 Å². The van der Waals surface area contributed by atoms with Gasteiger partial charge in [-0.05, 0) is 6.42 Å². The molecule has 0 amide bonds. The maximum atomic E-state index is 10.7. The van der Waals surface area contributed by atoms with E-state index in [9.17, 15) is 14.9 Å². The molecule has 0 saturated carbocycles. The fourth-order valence-corrected chi connectivity index (χ4v) is 1.64. The lowest BCUT2D eigenvalue weighted by molar-refractivity contribution is -0.385. The molecule has 8 heteroatoms. The van der Waals surface area contributed by atoms with E-state index >= 15 is 0 Å². The highest BCUT2D eigenvalue weighted by Gasteiger charge is 2.24. The van der Waals surface area contributed by atoms with Crippen LogP contribution < -0.4 is 5.32 Å². The van der Waals surface area contributed by atoms with Crippen LogP contribution in [0.2, 0.25) is 0 Å². The zero-order valence-electron chi connectivity index (χ0n) is 9.18. The minimum atomic E-state index is -0.875. The molecule has 0 aliphatic heterocycles. The summed E-state index contributed by atoms with van der Waals surface area (Å²) in [4.78, 5) is 28.1. The highest BCUT2D eigenvalue weighted by atomic mass is 16.6. The standard InChI is InChI=1S/C10H10N4O4/c15-9(16)6-1-2-7(3-6)13-10-11-4-8(5-12-10)14(17)18/h1-2,4-7H,3H2,(H,15,16)(H,11,12,13). The van der Waals surface area contributed by atoms with Crippen molar-refractivity contribution in [1.82, 2.24) is 9.97 Å². The van der Waals surface area contributed by atoms with Crippen molar-refractivity contribution in [2.24, 2.45) is 5.92 Å². The molecule has 0 saturated heterocycles. The van der Waals surface area contributed by atoms with Gasteiger partial charge in [0, 0.05) is 6.04 Å². The first kappa shape index (κ1) is 12.0. The highest BCUT2D eigenvalue weighted by molar-refractivity contribution is 5.73. The molecule has 94 valence electrons. The predicted molar refractivity (Wildman–Crippen MR) is 61.0 cm³/mol. The van der Waals surface area contributed by atoms with Gasteiger partial charge in [-0.25, -0.2) is 9.97 Å². The number of rotatable bonds is 4. The molecular weight excluding hydrogens is 240 g/mol. The Morgan fingerprint density at radius 1 is 1.44 bits per heavy atom. The van der Waals surface area contributed by atoms with Gasteiger partial charge in [0.15, 0.2) is 0 Å². The van der Waals surface area contributed by atoms with Crippen LogP contribution in [0.25, 0.3) is 0 Å². The molecule has 2 N–H and O–H groups in total. The molecule has 2 atom stereocenters. The second-order valence-corrected chi connectivity index (χ2v) is 3.84. The van der Waals surface area contributed by atoms with E-state index in [0.717, 1.165) is 12.4 Å². The molecule has 0 radical (unpaired) electrons. The minimum absolute atomic E-state index is 0.174. The van der Waals surface area contributed by atoms with Gasteiger partial charge in [-0.1, -0.05) is 12.2 Å². The number of carboxylic acids is 1. The van der Waals surface area contributed by atoms with Gasteiger partial charge in [0.05, 0.1) is 10.8 Å². The van der Waals surface area contributed by atoms with E-state index in [1.165, 1.54) is 0 Å². The second-order valence-electron chi connectivity index (χ2n) is 3.84. The Hall–Kier alpha value is -2.51. The first-order valence-electron chi connectivity index (χ1n) is 5.20. The molecule has 0 bridgehead atoms. The van der Waals surface area contributed by atoms with Crippen LogP contribution in [-0.4, -0.2) is 32.0 Å².